The lowest BCUT2D eigenvalue weighted by molar-refractivity contribution is 0.409. The molecule has 4 heteroatoms. The molecule has 0 radical (unpaired) electrons. The van der Waals surface area contributed by atoms with Gasteiger partial charge in [-0.25, -0.2) is 4.98 Å². The van der Waals surface area contributed by atoms with Crippen LogP contribution in [0.3, 0.4) is 0 Å². The molecule has 0 saturated carbocycles. The number of imidazole rings is 1. The fourth-order valence-electron chi connectivity index (χ4n) is 3.12. The molecule has 4 nitrogen and oxygen atoms in total. The van der Waals surface area contributed by atoms with Crippen LogP contribution in [0.15, 0.2) is 30.9 Å². The number of fused-ring (bicyclic) bond motifs is 1. The van der Waals surface area contributed by atoms with Crippen molar-refractivity contribution in [3.63, 3.8) is 0 Å². The molecule has 0 amide bonds. The monoisotopic (exact) mass is 256 g/mol. The number of aromatic nitrogens is 3. The van der Waals surface area contributed by atoms with Gasteiger partial charge in [0.15, 0.2) is 0 Å². The van der Waals surface area contributed by atoms with Crippen molar-refractivity contribution in [1.29, 1.82) is 0 Å². The highest BCUT2D eigenvalue weighted by Gasteiger charge is 2.30. The zero-order chi connectivity index (χ0) is 13.2. The van der Waals surface area contributed by atoms with Gasteiger partial charge in [0, 0.05) is 31.1 Å². The molecular formula is C15H20N4. The highest BCUT2D eigenvalue weighted by Crippen LogP contribution is 2.38. The third-order valence-electron chi connectivity index (χ3n) is 4.00. The van der Waals surface area contributed by atoms with E-state index in [1.165, 1.54) is 24.1 Å². The van der Waals surface area contributed by atoms with Crippen molar-refractivity contribution < 1.29 is 0 Å². The summed E-state index contributed by atoms with van der Waals surface area (Å²) in [4.78, 5) is 9.14. The molecule has 19 heavy (non-hydrogen) atoms. The van der Waals surface area contributed by atoms with Gasteiger partial charge in [0.2, 0.25) is 0 Å². The Labute approximate surface area is 113 Å². The number of likely N-dealkylation sites (N-methyl/N-ethyl adjacent to an activating group) is 1. The van der Waals surface area contributed by atoms with Crippen LogP contribution in [0, 0.1) is 0 Å². The average molecular weight is 256 g/mol. The molecule has 0 aromatic carbocycles. The van der Waals surface area contributed by atoms with E-state index in [1.807, 2.05) is 37.3 Å². The number of hydrogen-bond donors (Lipinski definition) is 1. The molecular weight excluding hydrogens is 236 g/mol. The predicted octanol–water partition coefficient (Wildman–Crippen LogP) is 2.20. The molecule has 2 heterocycles. The molecule has 2 atom stereocenters. The largest absolute Gasteiger partial charge is 0.340 e. The molecule has 1 aliphatic rings. The topological polar surface area (TPSA) is 42.7 Å². The van der Waals surface area contributed by atoms with Crippen molar-refractivity contribution in [2.24, 2.45) is 7.05 Å². The summed E-state index contributed by atoms with van der Waals surface area (Å²) in [5, 5.41) is 3.43. The van der Waals surface area contributed by atoms with Crippen LogP contribution < -0.4 is 5.32 Å². The molecule has 0 saturated heterocycles. The van der Waals surface area contributed by atoms with Gasteiger partial charge in [-0.05, 0) is 37.9 Å². The second-order valence-corrected chi connectivity index (χ2v) is 5.28. The maximum absolute atomic E-state index is 4.63. The Balaban J connectivity index is 1.97. The normalized spacial score (nSPS) is 20.0. The van der Waals surface area contributed by atoms with Gasteiger partial charge in [0.1, 0.15) is 0 Å². The highest BCUT2D eigenvalue weighted by atomic mass is 15.0. The van der Waals surface area contributed by atoms with E-state index in [4.69, 9.17) is 0 Å². The molecule has 100 valence electrons. The average Bonchev–Trinajstić information content (AvgIpc) is 2.86. The summed E-state index contributed by atoms with van der Waals surface area (Å²) in [7, 11) is 4.02. The molecule has 1 N–H and O–H groups in total. The maximum atomic E-state index is 4.63. The zero-order valence-corrected chi connectivity index (χ0v) is 11.5. The zero-order valence-electron chi connectivity index (χ0n) is 11.5. The van der Waals surface area contributed by atoms with Crippen molar-refractivity contribution in [3.8, 4) is 0 Å². The number of rotatable bonds is 3. The highest BCUT2D eigenvalue weighted by molar-refractivity contribution is 5.29. The third kappa shape index (κ3) is 2.28. The van der Waals surface area contributed by atoms with Crippen molar-refractivity contribution in [2.75, 3.05) is 7.05 Å². The van der Waals surface area contributed by atoms with Crippen LogP contribution in [0.2, 0.25) is 0 Å². The molecule has 0 fully saturated rings. The second kappa shape index (κ2) is 5.13. The van der Waals surface area contributed by atoms with E-state index in [9.17, 15) is 0 Å². The van der Waals surface area contributed by atoms with Gasteiger partial charge in [0.25, 0.3) is 0 Å². The fraction of sp³-hybridized carbons (Fsp3) is 0.467. The first-order chi connectivity index (χ1) is 9.29. The van der Waals surface area contributed by atoms with Gasteiger partial charge in [-0.2, -0.15) is 0 Å². The van der Waals surface area contributed by atoms with Crippen LogP contribution >= 0.6 is 0 Å². The summed E-state index contributed by atoms with van der Waals surface area (Å²) in [5.74, 6) is 0.421. The van der Waals surface area contributed by atoms with Crippen LogP contribution in [0.25, 0.3) is 0 Å². The van der Waals surface area contributed by atoms with E-state index in [0.717, 1.165) is 12.1 Å². The summed E-state index contributed by atoms with van der Waals surface area (Å²) in [6.07, 6.45) is 9.42. The number of aryl methyl sites for hydroxylation is 2. The van der Waals surface area contributed by atoms with Crippen molar-refractivity contribution in [2.45, 2.75) is 31.2 Å². The second-order valence-electron chi connectivity index (χ2n) is 5.28. The summed E-state index contributed by atoms with van der Waals surface area (Å²) in [5.41, 5.74) is 3.75. The van der Waals surface area contributed by atoms with Gasteiger partial charge in [0.05, 0.1) is 18.1 Å². The first-order valence-corrected chi connectivity index (χ1v) is 6.88. The lowest BCUT2D eigenvalue weighted by Crippen LogP contribution is -2.27. The molecule has 0 bridgehead atoms. The number of nitrogens with zero attached hydrogens (tertiary/aromatic N) is 3. The summed E-state index contributed by atoms with van der Waals surface area (Å²) < 4.78 is 2.00. The van der Waals surface area contributed by atoms with E-state index in [2.05, 4.69) is 27.5 Å². The molecule has 2 aromatic rings. The Hall–Kier alpha value is -1.68. The Kier molecular flexibility index (Phi) is 3.34. The van der Waals surface area contributed by atoms with Gasteiger partial charge in [-0.3, -0.25) is 4.98 Å². The van der Waals surface area contributed by atoms with Gasteiger partial charge >= 0.3 is 0 Å². The van der Waals surface area contributed by atoms with Crippen molar-refractivity contribution >= 4 is 0 Å². The van der Waals surface area contributed by atoms with E-state index in [0.29, 0.717) is 5.92 Å². The molecule has 2 aromatic heterocycles. The fourth-order valence-corrected chi connectivity index (χ4v) is 3.12. The molecule has 0 spiro atoms. The smallest absolute Gasteiger partial charge is 0.0947 e. The van der Waals surface area contributed by atoms with Crippen LogP contribution in [-0.4, -0.2) is 21.6 Å². The molecule has 3 rings (SSSR count). The molecule has 0 aliphatic heterocycles. The lowest BCUT2D eigenvalue weighted by Gasteiger charge is -2.30. The summed E-state index contributed by atoms with van der Waals surface area (Å²) in [6, 6.07) is 4.49. The quantitative estimate of drug-likeness (QED) is 0.915. The molecule has 1 aliphatic carbocycles. The van der Waals surface area contributed by atoms with Crippen LogP contribution in [0.1, 0.15) is 41.8 Å². The van der Waals surface area contributed by atoms with E-state index in [1.54, 1.807) is 0 Å². The Bertz CT molecular complexity index is 561. The van der Waals surface area contributed by atoms with E-state index in [-0.39, 0.29) is 6.04 Å². The maximum Gasteiger partial charge on any atom is 0.0947 e. The minimum Gasteiger partial charge on any atom is -0.340 e. The van der Waals surface area contributed by atoms with Gasteiger partial charge in [-0.15, -0.1) is 0 Å². The number of nitrogens with one attached hydrogen (secondary N) is 1. The Morgan fingerprint density at radius 1 is 1.42 bits per heavy atom. The third-order valence-corrected chi connectivity index (χ3v) is 4.00. The number of hydrogen-bond acceptors (Lipinski definition) is 3. The summed E-state index contributed by atoms with van der Waals surface area (Å²) >= 11 is 0. The first kappa shape index (κ1) is 12.4. The first-order valence-electron chi connectivity index (χ1n) is 6.88. The van der Waals surface area contributed by atoms with E-state index < -0.39 is 0 Å². The molecule has 2 unspecified atom stereocenters. The van der Waals surface area contributed by atoms with Crippen molar-refractivity contribution in [1.82, 2.24) is 19.9 Å². The van der Waals surface area contributed by atoms with Crippen LogP contribution in [0.4, 0.5) is 0 Å². The van der Waals surface area contributed by atoms with Crippen molar-refractivity contribution in [3.05, 3.63) is 47.8 Å². The SMILES string of the molecule is CNC(c1cn(C)cn1)C1CCCc2cccnc21. The predicted molar refractivity (Wildman–Crippen MR) is 74.9 cm³/mol. The number of pyridine rings is 1. The van der Waals surface area contributed by atoms with Crippen LogP contribution in [-0.2, 0) is 13.5 Å². The minimum atomic E-state index is 0.246. The van der Waals surface area contributed by atoms with Gasteiger partial charge in [-0.1, -0.05) is 6.07 Å². The Morgan fingerprint density at radius 3 is 3.05 bits per heavy atom. The van der Waals surface area contributed by atoms with Gasteiger partial charge < -0.3 is 9.88 Å². The summed E-state index contributed by atoms with van der Waals surface area (Å²) in [6.45, 7) is 0. The minimum absolute atomic E-state index is 0.246. The lowest BCUT2D eigenvalue weighted by atomic mass is 9.81. The van der Waals surface area contributed by atoms with Crippen LogP contribution in [0.5, 0.6) is 0 Å². The Morgan fingerprint density at radius 2 is 2.32 bits per heavy atom. The van der Waals surface area contributed by atoms with E-state index >= 15 is 0 Å². The standard InChI is InChI=1S/C15H20N4/c1-16-15(13-9-19(2)10-18-13)12-7-3-5-11-6-4-8-17-14(11)12/h4,6,8-10,12,15-16H,3,5,7H2,1-2H3.